The lowest BCUT2D eigenvalue weighted by Crippen LogP contribution is -2.34. The number of hydrogen-bond donors (Lipinski definition) is 0. The topological polar surface area (TPSA) is 27.1 Å². The highest BCUT2D eigenvalue weighted by Crippen LogP contribution is 2.40. The van der Waals surface area contributed by atoms with Crippen molar-refractivity contribution in [2.24, 2.45) is 0 Å². The van der Waals surface area contributed by atoms with E-state index in [-0.39, 0.29) is 0 Å². The molecule has 140 valence electrons. The summed E-state index contributed by atoms with van der Waals surface area (Å²) in [6.45, 7) is 3.31. The predicted octanol–water partition coefficient (Wildman–Crippen LogP) is 5.20. The molecule has 0 unspecified atom stereocenters. The van der Waals surface area contributed by atoms with Gasteiger partial charge in [0.15, 0.2) is 0 Å². The molecule has 0 aliphatic carbocycles. The summed E-state index contributed by atoms with van der Waals surface area (Å²) in [5, 5.41) is 0. The van der Waals surface area contributed by atoms with Crippen LogP contribution in [-0.4, -0.2) is 16.2 Å². The average Bonchev–Trinajstić information content (AvgIpc) is 3.18. The number of aromatic nitrogens is 2. The third-order valence-corrected chi connectivity index (χ3v) is 4.97. The molecular weight excluding hydrogens is 344 g/mol. The predicted molar refractivity (Wildman–Crippen MR) is 112 cm³/mol. The van der Waals surface area contributed by atoms with E-state index in [0.29, 0.717) is 6.61 Å². The molecule has 0 aliphatic heterocycles. The van der Waals surface area contributed by atoms with Gasteiger partial charge in [-0.2, -0.15) is 0 Å². The molecule has 3 heteroatoms. The second-order valence-corrected chi connectivity index (χ2v) is 6.88. The first-order valence-electron chi connectivity index (χ1n) is 9.58. The third kappa shape index (κ3) is 3.62. The van der Waals surface area contributed by atoms with E-state index >= 15 is 0 Å². The van der Waals surface area contributed by atoms with Crippen LogP contribution in [0.4, 0.5) is 0 Å². The second-order valence-electron chi connectivity index (χ2n) is 6.88. The molecule has 0 saturated heterocycles. The van der Waals surface area contributed by atoms with Crippen LogP contribution in [0.2, 0.25) is 0 Å². The Morgan fingerprint density at radius 1 is 0.750 bits per heavy atom. The summed E-state index contributed by atoms with van der Waals surface area (Å²) in [5.74, 6) is 0. The van der Waals surface area contributed by atoms with Gasteiger partial charge in [0, 0.05) is 12.7 Å². The third-order valence-electron chi connectivity index (χ3n) is 4.97. The summed E-state index contributed by atoms with van der Waals surface area (Å²) < 4.78 is 8.82. The maximum absolute atomic E-state index is 6.75. The average molecular weight is 368 g/mol. The van der Waals surface area contributed by atoms with Crippen molar-refractivity contribution in [1.82, 2.24) is 9.55 Å². The summed E-state index contributed by atoms with van der Waals surface area (Å²) in [4.78, 5) is 4.31. The van der Waals surface area contributed by atoms with E-state index in [4.69, 9.17) is 4.74 Å². The Labute approximate surface area is 166 Å². The van der Waals surface area contributed by atoms with Gasteiger partial charge in [-0.15, -0.1) is 0 Å². The smallest absolute Gasteiger partial charge is 0.143 e. The fraction of sp³-hybridized carbons (Fsp3) is 0.160. The van der Waals surface area contributed by atoms with Gasteiger partial charge >= 0.3 is 0 Å². The largest absolute Gasteiger partial charge is 0.359 e. The molecule has 0 N–H and O–H groups in total. The molecule has 4 rings (SSSR count). The van der Waals surface area contributed by atoms with Crippen LogP contribution in [0.25, 0.3) is 0 Å². The summed E-state index contributed by atoms with van der Waals surface area (Å²) in [5.41, 5.74) is 3.71. The van der Waals surface area contributed by atoms with Crippen LogP contribution in [0.5, 0.6) is 0 Å². The van der Waals surface area contributed by atoms with Gasteiger partial charge in [0.1, 0.15) is 5.60 Å². The number of hydrogen-bond acceptors (Lipinski definition) is 2. The molecule has 0 atom stereocenters. The van der Waals surface area contributed by atoms with Crippen molar-refractivity contribution in [2.45, 2.75) is 19.1 Å². The Kier molecular flexibility index (Phi) is 5.36. The number of ether oxygens (including phenoxy) is 1. The number of imidazole rings is 1. The Morgan fingerprint density at radius 3 is 1.61 bits per heavy atom. The molecule has 1 aromatic heterocycles. The molecule has 0 amide bonds. The lowest BCUT2D eigenvalue weighted by Gasteiger charge is -2.36. The van der Waals surface area contributed by atoms with Crippen molar-refractivity contribution in [3.63, 3.8) is 0 Å². The van der Waals surface area contributed by atoms with Crippen LogP contribution in [-0.2, 0) is 16.9 Å². The van der Waals surface area contributed by atoms with Gasteiger partial charge in [0.25, 0.3) is 0 Å². The van der Waals surface area contributed by atoms with Gasteiger partial charge in [-0.3, -0.25) is 0 Å². The zero-order valence-corrected chi connectivity index (χ0v) is 16.0. The SMILES string of the molecule is Cc1cn(CCOC(c2ccccc2)(c2ccccc2)c2ccccc2)cn1. The fourth-order valence-electron chi connectivity index (χ4n) is 3.67. The van der Waals surface area contributed by atoms with Gasteiger partial charge < -0.3 is 9.30 Å². The highest BCUT2D eigenvalue weighted by molar-refractivity contribution is 5.47. The maximum atomic E-state index is 6.75. The first-order chi connectivity index (χ1) is 13.8. The molecule has 0 radical (unpaired) electrons. The van der Waals surface area contributed by atoms with Gasteiger partial charge in [-0.1, -0.05) is 91.0 Å². The first kappa shape index (κ1) is 18.2. The van der Waals surface area contributed by atoms with Gasteiger partial charge in [-0.25, -0.2) is 4.98 Å². The molecule has 0 bridgehead atoms. The molecule has 0 fully saturated rings. The number of rotatable bonds is 7. The summed E-state index contributed by atoms with van der Waals surface area (Å²) in [6, 6.07) is 31.4. The number of benzene rings is 3. The van der Waals surface area contributed by atoms with Crippen molar-refractivity contribution in [3.05, 3.63) is 126 Å². The van der Waals surface area contributed by atoms with E-state index in [1.807, 2.05) is 37.6 Å². The molecule has 1 heterocycles. The first-order valence-corrected chi connectivity index (χ1v) is 9.58. The molecule has 3 nitrogen and oxygen atoms in total. The van der Waals surface area contributed by atoms with Crippen LogP contribution in [0.15, 0.2) is 104 Å². The van der Waals surface area contributed by atoms with E-state index in [0.717, 1.165) is 28.9 Å². The van der Waals surface area contributed by atoms with Gasteiger partial charge in [-0.05, 0) is 23.6 Å². The minimum absolute atomic E-state index is 0.564. The highest BCUT2D eigenvalue weighted by Gasteiger charge is 2.37. The molecule has 0 spiro atoms. The van der Waals surface area contributed by atoms with Gasteiger partial charge in [0.05, 0.1) is 18.6 Å². The molecule has 0 saturated carbocycles. The van der Waals surface area contributed by atoms with Crippen LogP contribution in [0.3, 0.4) is 0 Å². The lowest BCUT2D eigenvalue weighted by molar-refractivity contribution is 0.00834. The van der Waals surface area contributed by atoms with Crippen molar-refractivity contribution in [2.75, 3.05) is 6.61 Å². The molecule has 3 aromatic carbocycles. The Morgan fingerprint density at radius 2 is 1.21 bits per heavy atom. The standard InChI is InChI=1S/C25H24N2O/c1-21-19-27(20-26-21)17-18-28-25(22-11-5-2-6-12-22,23-13-7-3-8-14-23)24-15-9-4-10-16-24/h2-16,19-20H,17-18H2,1H3. The summed E-state index contributed by atoms with van der Waals surface area (Å²) >= 11 is 0. The van der Waals surface area contributed by atoms with Crippen molar-refractivity contribution < 1.29 is 4.74 Å². The van der Waals surface area contributed by atoms with E-state index in [9.17, 15) is 0 Å². The lowest BCUT2D eigenvalue weighted by atomic mass is 9.80. The molecular formula is C25H24N2O. The van der Waals surface area contributed by atoms with Crippen molar-refractivity contribution in [3.8, 4) is 0 Å². The number of aryl methyl sites for hydroxylation is 1. The van der Waals surface area contributed by atoms with E-state index in [1.165, 1.54) is 0 Å². The Balaban J connectivity index is 1.78. The fourth-order valence-corrected chi connectivity index (χ4v) is 3.67. The molecule has 28 heavy (non-hydrogen) atoms. The Bertz CT molecular complexity index is 898. The Hall–Kier alpha value is -3.17. The summed E-state index contributed by atoms with van der Waals surface area (Å²) in [6.07, 6.45) is 3.90. The van der Waals surface area contributed by atoms with E-state index in [2.05, 4.69) is 82.3 Å². The molecule has 0 aliphatic rings. The highest BCUT2D eigenvalue weighted by atomic mass is 16.5. The van der Waals surface area contributed by atoms with Crippen molar-refractivity contribution >= 4 is 0 Å². The van der Waals surface area contributed by atoms with Crippen molar-refractivity contribution in [1.29, 1.82) is 0 Å². The normalized spacial score (nSPS) is 11.5. The van der Waals surface area contributed by atoms with E-state index < -0.39 is 5.60 Å². The van der Waals surface area contributed by atoms with E-state index in [1.54, 1.807) is 0 Å². The van der Waals surface area contributed by atoms with Crippen LogP contribution < -0.4 is 0 Å². The quantitative estimate of drug-likeness (QED) is 0.419. The minimum atomic E-state index is -0.667. The molecule has 4 aromatic rings. The van der Waals surface area contributed by atoms with Crippen LogP contribution in [0.1, 0.15) is 22.4 Å². The zero-order chi connectivity index (χ0) is 19.2. The number of nitrogens with zero attached hydrogens (tertiary/aromatic N) is 2. The zero-order valence-electron chi connectivity index (χ0n) is 16.0. The van der Waals surface area contributed by atoms with Crippen LogP contribution >= 0.6 is 0 Å². The second kappa shape index (κ2) is 8.24. The minimum Gasteiger partial charge on any atom is -0.359 e. The summed E-state index contributed by atoms with van der Waals surface area (Å²) in [7, 11) is 0. The maximum Gasteiger partial charge on any atom is 0.143 e. The van der Waals surface area contributed by atoms with Crippen LogP contribution in [0, 0.1) is 6.92 Å². The monoisotopic (exact) mass is 368 g/mol. The van der Waals surface area contributed by atoms with Gasteiger partial charge in [0.2, 0.25) is 0 Å².